The van der Waals surface area contributed by atoms with Gasteiger partial charge in [-0.3, -0.25) is 0 Å². The molecule has 0 heterocycles. The second-order valence-corrected chi connectivity index (χ2v) is 4.31. The lowest BCUT2D eigenvalue weighted by Gasteiger charge is -2.13. The average Bonchev–Trinajstić information content (AvgIpc) is 2.23. The van der Waals surface area contributed by atoms with Crippen LogP contribution in [0.4, 0.5) is 0 Å². The molecule has 0 aliphatic rings. The summed E-state index contributed by atoms with van der Waals surface area (Å²) in [4.78, 5) is 0. The van der Waals surface area contributed by atoms with Gasteiger partial charge in [0.05, 0.1) is 0 Å². The molecule has 2 aromatic rings. The van der Waals surface area contributed by atoms with Gasteiger partial charge >= 0.3 is 0 Å². The highest BCUT2D eigenvalue weighted by molar-refractivity contribution is 5.90. The van der Waals surface area contributed by atoms with Gasteiger partial charge in [-0.2, -0.15) is 0 Å². The highest BCUT2D eigenvalue weighted by Crippen LogP contribution is 2.33. The molecule has 0 saturated heterocycles. The van der Waals surface area contributed by atoms with Gasteiger partial charge in [-0.05, 0) is 40.8 Å². The molecule has 0 aliphatic heterocycles. The van der Waals surface area contributed by atoms with E-state index in [-0.39, 0.29) is 0 Å². The summed E-state index contributed by atoms with van der Waals surface area (Å²) in [6, 6.07) is 10.1. The largest absolute Gasteiger partial charge is 0.508 e. The van der Waals surface area contributed by atoms with Crippen LogP contribution in [-0.4, -0.2) is 5.11 Å². The number of hydrogen-bond donors (Lipinski definition) is 1. The van der Waals surface area contributed by atoms with Crippen LogP contribution >= 0.6 is 0 Å². The van der Waals surface area contributed by atoms with Gasteiger partial charge in [0.25, 0.3) is 0 Å². The third kappa shape index (κ3) is 1.58. The van der Waals surface area contributed by atoms with Crippen LogP contribution < -0.4 is 0 Å². The number of phenols is 1. The van der Waals surface area contributed by atoms with Gasteiger partial charge in [0.2, 0.25) is 0 Å². The highest BCUT2D eigenvalue weighted by Gasteiger charge is 2.09. The fourth-order valence-corrected chi connectivity index (χ4v) is 2.01. The van der Waals surface area contributed by atoms with Crippen molar-refractivity contribution in [2.75, 3.05) is 0 Å². The summed E-state index contributed by atoms with van der Waals surface area (Å²) >= 11 is 0. The van der Waals surface area contributed by atoms with Crippen LogP contribution in [0.3, 0.4) is 0 Å². The Hall–Kier alpha value is -1.50. The molecule has 0 fully saturated rings. The first kappa shape index (κ1) is 10.0. The number of hydrogen-bond acceptors (Lipinski definition) is 1. The number of phenolic OH excluding ortho intramolecular Hbond substituents is 1. The molecule has 0 atom stereocenters. The van der Waals surface area contributed by atoms with Gasteiger partial charge in [-0.25, -0.2) is 0 Å². The first-order valence-corrected chi connectivity index (χ1v) is 5.32. The average molecular weight is 200 g/mol. The van der Waals surface area contributed by atoms with Crippen molar-refractivity contribution >= 4 is 10.8 Å². The van der Waals surface area contributed by atoms with E-state index in [4.69, 9.17) is 0 Å². The molecule has 1 nitrogen and oxygen atoms in total. The molecule has 2 aromatic carbocycles. The van der Waals surface area contributed by atoms with E-state index in [1.807, 2.05) is 25.1 Å². The lowest BCUT2D eigenvalue weighted by molar-refractivity contribution is 0.471. The van der Waals surface area contributed by atoms with Crippen molar-refractivity contribution in [1.29, 1.82) is 0 Å². The molecule has 0 amide bonds. The zero-order valence-corrected chi connectivity index (χ0v) is 9.41. The van der Waals surface area contributed by atoms with Crippen molar-refractivity contribution in [3.05, 3.63) is 41.5 Å². The summed E-state index contributed by atoms with van der Waals surface area (Å²) in [5.41, 5.74) is 2.18. The zero-order valence-electron chi connectivity index (χ0n) is 9.41. The monoisotopic (exact) mass is 200 g/mol. The smallest absolute Gasteiger partial charge is 0.119 e. The molecule has 0 bridgehead atoms. The van der Waals surface area contributed by atoms with Crippen LogP contribution in [-0.2, 0) is 0 Å². The molecule has 2 rings (SSSR count). The van der Waals surface area contributed by atoms with Gasteiger partial charge in [-0.1, -0.05) is 38.1 Å². The molecule has 78 valence electrons. The van der Waals surface area contributed by atoms with Gasteiger partial charge in [0.1, 0.15) is 5.75 Å². The summed E-state index contributed by atoms with van der Waals surface area (Å²) < 4.78 is 0. The van der Waals surface area contributed by atoms with E-state index in [9.17, 15) is 5.11 Å². The molecular formula is C14H16O. The lowest BCUT2D eigenvalue weighted by atomic mass is 9.93. The topological polar surface area (TPSA) is 20.2 Å². The maximum absolute atomic E-state index is 9.85. The maximum atomic E-state index is 9.85. The van der Waals surface area contributed by atoms with E-state index in [1.54, 1.807) is 0 Å². The third-order valence-electron chi connectivity index (χ3n) is 2.94. The summed E-state index contributed by atoms with van der Waals surface area (Å²) in [5.74, 6) is 0.832. The Morgan fingerprint density at radius 3 is 2.27 bits per heavy atom. The Balaban J connectivity index is 2.88. The van der Waals surface area contributed by atoms with Gasteiger partial charge < -0.3 is 5.11 Å². The van der Waals surface area contributed by atoms with Gasteiger partial charge in [0, 0.05) is 0 Å². The Morgan fingerprint density at radius 2 is 1.67 bits per heavy atom. The second kappa shape index (κ2) is 3.58. The minimum absolute atomic E-state index is 0.400. The summed E-state index contributed by atoms with van der Waals surface area (Å²) in [6.07, 6.45) is 0. The fourth-order valence-electron chi connectivity index (χ4n) is 2.01. The first-order valence-electron chi connectivity index (χ1n) is 5.32. The van der Waals surface area contributed by atoms with Crippen molar-refractivity contribution in [3.63, 3.8) is 0 Å². The van der Waals surface area contributed by atoms with E-state index in [2.05, 4.69) is 26.0 Å². The van der Waals surface area contributed by atoms with Crippen LogP contribution in [0.15, 0.2) is 30.3 Å². The standard InChI is InChI=1S/C14H16O/c1-9(2)13-8-14(15)10(3)11-6-4-5-7-12(11)13/h4-9,15H,1-3H3. The Kier molecular flexibility index (Phi) is 2.39. The molecule has 0 spiro atoms. The molecule has 0 radical (unpaired) electrons. The SMILES string of the molecule is Cc1c(O)cc(C(C)C)c2ccccc12. The van der Waals surface area contributed by atoms with Crippen LogP contribution in [0.2, 0.25) is 0 Å². The summed E-state index contributed by atoms with van der Waals surface area (Å²) in [7, 11) is 0. The minimum atomic E-state index is 0.400. The lowest BCUT2D eigenvalue weighted by Crippen LogP contribution is -1.91. The van der Waals surface area contributed by atoms with Crippen LogP contribution in [0, 0.1) is 6.92 Å². The van der Waals surface area contributed by atoms with Gasteiger partial charge in [-0.15, -0.1) is 0 Å². The molecule has 1 N–H and O–H groups in total. The van der Waals surface area contributed by atoms with Gasteiger partial charge in [0.15, 0.2) is 0 Å². The van der Waals surface area contributed by atoms with Crippen molar-refractivity contribution in [2.45, 2.75) is 26.7 Å². The van der Waals surface area contributed by atoms with E-state index >= 15 is 0 Å². The van der Waals surface area contributed by atoms with Crippen molar-refractivity contribution in [3.8, 4) is 5.75 Å². The number of benzene rings is 2. The van der Waals surface area contributed by atoms with Crippen molar-refractivity contribution < 1.29 is 5.11 Å². The number of aromatic hydroxyl groups is 1. The second-order valence-electron chi connectivity index (χ2n) is 4.31. The van der Waals surface area contributed by atoms with E-state index in [1.165, 1.54) is 10.9 Å². The molecule has 0 aromatic heterocycles. The molecule has 0 saturated carbocycles. The van der Waals surface area contributed by atoms with Crippen LogP contribution in [0.5, 0.6) is 5.75 Å². The van der Waals surface area contributed by atoms with E-state index in [0.717, 1.165) is 10.9 Å². The van der Waals surface area contributed by atoms with E-state index < -0.39 is 0 Å². The third-order valence-corrected chi connectivity index (χ3v) is 2.94. The zero-order chi connectivity index (χ0) is 11.0. The Labute approximate surface area is 90.4 Å². The van der Waals surface area contributed by atoms with Crippen molar-refractivity contribution in [2.24, 2.45) is 0 Å². The summed E-state index contributed by atoms with van der Waals surface area (Å²) in [5, 5.41) is 12.3. The molecular weight excluding hydrogens is 184 g/mol. The number of fused-ring (bicyclic) bond motifs is 1. The number of aryl methyl sites for hydroxylation is 1. The predicted molar refractivity (Wildman–Crippen MR) is 64.4 cm³/mol. The first-order chi connectivity index (χ1) is 7.11. The fraction of sp³-hybridized carbons (Fsp3) is 0.286. The normalized spacial score (nSPS) is 11.2. The molecule has 1 heteroatoms. The molecule has 0 unspecified atom stereocenters. The van der Waals surface area contributed by atoms with E-state index in [0.29, 0.717) is 11.7 Å². The minimum Gasteiger partial charge on any atom is -0.508 e. The number of rotatable bonds is 1. The van der Waals surface area contributed by atoms with Crippen LogP contribution in [0.25, 0.3) is 10.8 Å². The van der Waals surface area contributed by atoms with Crippen molar-refractivity contribution in [1.82, 2.24) is 0 Å². The maximum Gasteiger partial charge on any atom is 0.119 e. The molecule has 15 heavy (non-hydrogen) atoms. The van der Waals surface area contributed by atoms with Crippen LogP contribution in [0.1, 0.15) is 30.9 Å². The summed E-state index contributed by atoms with van der Waals surface area (Å²) in [6.45, 7) is 6.26. The Bertz CT molecular complexity index is 498. The Morgan fingerprint density at radius 1 is 1.07 bits per heavy atom. The quantitative estimate of drug-likeness (QED) is 0.738. The predicted octanol–water partition coefficient (Wildman–Crippen LogP) is 3.98. The molecule has 0 aliphatic carbocycles. The highest BCUT2D eigenvalue weighted by atomic mass is 16.3.